The van der Waals surface area contributed by atoms with Gasteiger partial charge in [0.1, 0.15) is 5.75 Å². The first-order chi connectivity index (χ1) is 15.8. The van der Waals surface area contributed by atoms with Gasteiger partial charge in [-0.05, 0) is 56.7 Å². The average Bonchev–Trinajstić information content (AvgIpc) is 2.83. The Labute approximate surface area is 314 Å². The minimum absolute atomic E-state index is 0. The molecule has 43 heavy (non-hydrogen) atoms. The van der Waals surface area contributed by atoms with Gasteiger partial charge >= 0.3 is 82.2 Å². The number of hydrazone groups is 1. The molecule has 0 fully saturated rings. The number of ether oxygens (including phenoxy) is 1. The first kappa shape index (κ1) is 65.6. The van der Waals surface area contributed by atoms with Crippen molar-refractivity contribution in [3.8, 4) is 11.5 Å². The molecule has 0 bridgehead atoms. The molecule has 0 amide bonds. The molecule has 0 radical (unpaired) electrons. The normalized spacial score (nSPS) is 9.65. The monoisotopic (exact) mass is 706 g/mol. The molecule has 0 saturated carbocycles. The van der Waals surface area contributed by atoms with E-state index < -0.39 is 23.1 Å². The summed E-state index contributed by atoms with van der Waals surface area (Å²) in [6.07, 6.45) is 1.07. The van der Waals surface area contributed by atoms with Crippen molar-refractivity contribution in [1.82, 2.24) is 9.68 Å². The second-order valence-corrected chi connectivity index (χ2v) is 10.8. The van der Waals surface area contributed by atoms with E-state index in [2.05, 4.69) is 14.5 Å². The zero-order valence-corrected chi connectivity index (χ0v) is 27.2. The molecule has 0 N–H and O–H groups in total. The van der Waals surface area contributed by atoms with Gasteiger partial charge in [-0.25, -0.2) is 4.90 Å². The van der Waals surface area contributed by atoms with E-state index >= 15 is 0 Å². The molecule has 3 atom stereocenters. The molecule has 0 aliphatic rings. The van der Waals surface area contributed by atoms with Gasteiger partial charge in [0.25, 0.3) is 0 Å². The second-order valence-electron chi connectivity index (χ2n) is 6.41. The van der Waals surface area contributed by atoms with Crippen molar-refractivity contribution in [2.24, 2.45) is 5.10 Å². The van der Waals surface area contributed by atoms with Crippen LogP contribution in [0.15, 0.2) is 53.6 Å². The topological polar surface area (TPSA) is 136 Å². The van der Waals surface area contributed by atoms with E-state index in [1.165, 1.54) is 4.90 Å². The van der Waals surface area contributed by atoms with E-state index in [9.17, 15) is 19.6 Å². The summed E-state index contributed by atoms with van der Waals surface area (Å²) in [6.45, 7) is 0.157. The molecule has 17 heteroatoms. The summed E-state index contributed by atoms with van der Waals surface area (Å²) >= 11 is 5.40. The van der Waals surface area contributed by atoms with Gasteiger partial charge in [0.15, 0.2) is 5.75 Å². The molecule has 11 nitrogen and oxygen atoms in total. The first-order valence-corrected chi connectivity index (χ1v) is 14.2. The summed E-state index contributed by atoms with van der Waals surface area (Å²) in [5.74, 6) is 1.27. The predicted molar refractivity (Wildman–Crippen MR) is 176 cm³/mol. The number of hydrogen-bond acceptors (Lipinski definition) is 11. The summed E-state index contributed by atoms with van der Waals surface area (Å²) < 4.78 is 42.3. The number of methoxy groups -OCH3 is 1. The summed E-state index contributed by atoms with van der Waals surface area (Å²) in [6, 6.07) is 14.2. The van der Waals surface area contributed by atoms with E-state index in [4.69, 9.17) is 21.1 Å². The molecular weight excluding hydrogens is 653 g/mol. The van der Waals surface area contributed by atoms with Gasteiger partial charge in [-0.3, -0.25) is 4.52 Å². The van der Waals surface area contributed by atoms with Gasteiger partial charge < -0.3 is 15.3 Å². The van der Waals surface area contributed by atoms with Crippen molar-refractivity contribution < 1.29 is 97.4 Å². The van der Waals surface area contributed by atoms with Crippen LogP contribution in [-0.2, 0) is 36.8 Å². The standard InChI is InChI=1S/C18H21N3O8P3S.8CH4.2Na/c1-20(19-11-15-3-7-17(26-2)8-4-15)32(33)27-18-9-5-16(6-10-18)12-21(13-30(24)28-22)14-31(25)29-23;;;;;;;;;;/h3-11H,12-14H2,1-2H3;8*1H4;;/q+1;;;;;;;;;2*+1/b19-11+;;;;;;;;;;. The zero-order chi connectivity index (χ0) is 24.2. The van der Waals surface area contributed by atoms with Crippen LogP contribution in [-0.4, -0.2) is 42.6 Å². The van der Waals surface area contributed by atoms with Crippen LogP contribution < -0.4 is 78.9 Å². The third kappa shape index (κ3) is 25.9. The third-order valence-corrected chi connectivity index (χ3v) is 7.51. The van der Waals surface area contributed by atoms with Crippen molar-refractivity contribution in [3.63, 3.8) is 0 Å². The maximum absolute atomic E-state index is 11.4. The second kappa shape index (κ2) is 36.5. The quantitative estimate of drug-likeness (QED) is 0.0934. The smallest absolute Gasteiger partial charge is 0.674 e. The molecule has 240 valence electrons. The van der Waals surface area contributed by atoms with Crippen LogP contribution in [0.2, 0.25) is 0 Å². The van der Waals surface area contributed by atoms with Crippen LogP contribution in [0.4, 0.5) is 0 Å². The SMILES string of the molecule is C.C.C.C.C.C.C.C.COc1ccc(/C=N/N(C)[P+](=S)Oc2ccc(CN(C[P+](=O)O[O-])C[P+](=O)O[O-])cc2)cc1.[Na+].[Na+]. The number of benzene rings is 2. The van der Waals surface area contributed by atoms with Gasteiger partial charge in [-0.1, -0.05) is 76.3 Å². The fourth-order valence-electron chi connectivity index (χ4n) is 2.46. The Morgan fingerprint density at radius 1 is 0.791 bits per heavy atom. The van der Waals surface area contributed by atoms with Gasteiger partial charge in [0.05, 0.1) is 20.4 Å². The Hall–Kier alpha value is 0.0300. The van der Waals surface area contributed by atoms with E-state index in [0.717, 1.165) is 16.9 Å². The number of rotatable bonds is 14. The van der Waals surface area contributed by atoms with Crippen LogP contribution >= 0.6 is 23.1 Å². The Bertz CT molecular complexity index is 979. The summed E-state index contributed by atoms with van der Waals surface area (Å²) in [7, 11) is -3.21. The molecule has 2 aromatic rings. The predicted octanol–water partition coefficient (Wildman–Crippen LogP) is 1.70. The van der Waals surface area contributed by atoms with Gasteiger partial charge in [0.2, 0.25) is 24.4 Å². The van der Waals surface area contributed by atoms with Crippen LogP contribution in [0, 0.1) is 0 Å². The maximum Gasteiger partial charge on any atom is 1.00 e. The van der Waals surface area contributed by atoms with Crippen molar-refractivity contribution >= 4 is 41.2 Å². The van der Waals surface area contributed by atoms with E-state index in [0.29, 0.717) is 5.75 Å². The molecule has 0 spiro atoms. The third-order valence-electron chi connectivity index (χ3n) is 4.04. The first-order valence-electron chi connectivity index (χ1n) is 9.22. The fraction of sp³-hybridized carbons (Fsp3) is 0.500. The molecule has 0 heterocycles. The number of hydrogen-bond donors (Lipinski definition) is 0. The van der Waals surface area contributed by atoms with E-state index in [-0.39, 0.29) is 138 Å². The van der Waals surface area contributed by atoms with Crippen LogP contribution in [0.3, 0.4) is 0 Å². The fourth-order valence-corrected chi connectivity index (χ4v) is 4.71. The minimum Gasteiger partial charge on any atom is -0.674 e. The molecule has 0 aliphatic heterocycles. The Morgan fingerprint density at radius 3 is 1.60 bits per heavy atom. The van der Waals surface area contributed by atoms with Crippen LogP contribution in [0.5, 0.6) is 11.5 Å². The molecule has 3 unspecified atom stereocenters. The minimum atomic E-state index is -2.52. The van der Waals surface area contributed by atoms with Gasteiger partial charge in [0, 0.05) is 6.54 Å². The molecular formula is C26H53N3Na2O8P3S+3. The average molecular weight is 707 g/mol. The summed E-state index contributed by atoms with van der Waals surface area (Å²) in [5.41, 5.74) is 1.61. The zero-order valence-electron chi connectivity index (χ0n) is 19.7. The molecule has 0 aliphatic carbocycles. The van der Waals surface area contributed by atoms with E-state index in [1.54, 1.807) is 49.4 Å². The van der Waals surface area contributed by atoms with Crippen LogP contribution in [0.25, 0.3) is 0 Å². The number of nitrogens with zero attached hydrogens (tertiary/aromatic N) is 3. The van der Waals surface area contributed by atoms with Gasteiger partial charge in [-0.15, -0.1) is 5.10 Å². The van der Waals surface area contributed by atoms with Crippen molar-refractivity contribution in [2.45, 2.75) is 66.0 Å². The Balaban J connectivity index is -0.000000165. The van der Waals surface area contributed by atoms with Crippen LogP contribution in [0.1, 0.15) is 70.5 Å². The molecule has 0 aromatic heterocycles. The maximum atomic E-state index is 11.4. The van der Waals surface area contributed by atoms with Crippen molar-refractivity contribution in [3.05, 3.63) is 59.7 Å². The Kier molecular flexibility index (Phi) is 55.7. The van der Waals surface area contributed by atoms with Crippen molar-refractivity contribution in [1.29, 1.82) is 0 Å². The molecule has 2 aromatic carbocycles. The van der Waals surface area contributed by atoms with E-state index in [1.807, 2.05) is 24.3 Å². The van der Waals surface area contributed by atoms with Gasteiger partial charge in [-0.2, -0.15) is 9.35 Å². The summed E-state index contributed by atoms with van der Waals surface area (Å²) in [4.78, 5) is 1.37. The summed E-state index contributed by atoms with van der Waals surface area (Å²) in [5, 5.41) is 24.9. The molecule has 0 saturated heterocycles. The Morgan fingerprint density at radius 2 is 1.21 bits per heavy atom. The van der Waals surface area contributed by atoms with Crippen molar-refractivity contribution in [2.75, 3.05) is 26.7 Å². The largest absolute Gasteiger partial charge is 1.00 e. The molecule has 2 rings (SSSR count).